The van der Waals surface area contributed by atoms with Crippen LogP contribution in [0.4, 0.5) is 0 Å². The van der Waals surface area contributed by atoms with Crippen LogP contribution in [0.2, 0.25) is 0 Å². The van der Waals surface area contributed by atoms with Crippen molar-refractivity contribution in [1.82, 2.24) is 4.98 Å². The first-order valence-electron chi connectivity index (χ1n) is 5.03. The Kier molecular flexibility index (Phi) is 3.54. The van der Waals surface area contributed by atoms with Crippen molar-refractivity contribution in [2.45, 2.75) is 19.6 Å². The monoisotopic (exact) mass is 235 g/mol. The molecule has 0 saturated heterocycles. The van der Waals surface area contributed by atoms with Crippen LogP contribution in [0.5, 0.6) is 5.75 Å². The quantitative estimate of drug-likeness (QED) is 0.886. The minimum absolute atomic E-state index is 0.465. The molecule has 2 rings (SSSR count). The van der Waals surface area contributed by atoms with Crippen LogP contribution in [0, 0.1) is 0 Å². The summed E-state index contributed by atoms with van der Waals surface area (Å²) in [6.07, 6.45) is -0.470. The maximum atomic E-state index is 9.43. The summed E-state index contributed by atoms with van der Waals surface area (Å²) in [6, 6.07) is 7.47. The molecule has 1 aromatic heterocycles. The van der Waals surface area contributed by atoms with Crippen LogP contribution in [0.3, 0.4) is 0 Å². The van der Waals surface area contributed by atoms with Crippen molar-refractivity contribution in [1.29, 1.82) is 0 Å². The number of ether oxygens (including phenoxy) is 1. The van der Waals surface area contributed by atoms with Crippen molar-refractivity contribution in [2.24, 2.45) is 0 Å². The molecule has 0 aliphatic heterocycles. The molecule has 0 amide bonds. The van der Waals surface area contributed by atoms with Gasteiger partial charge in [0.05, 0.1) is 17.3 Å². The molecule has 1 N–H and O–H groups in total. The molecule has 0 radical (unpaired) electrons. The average Bonchev–Trinajstić information content (AvgIpc) is 2.79. The Hall–Kier alpha value is -1.39. The van der Waals surface area contributed by atoms with Crippen molar-refractivity contribution in [3.05, 3.63) is 46.4 Å². The van der Waals surface area contributed by atoms with Crippen LogP contribution < -0.4 is 4.74 Å². The Morgan fingerprint density at radius 2 is 2.38 bits per heavy atom. The molecule has 84 valence electrons. The Balaban J connectivity index is 2.01. The van der Waals surface area contributed by atoms with E-state index in [-0.39, 0.29) is 0 Å². The highest BCUT2D eigenvalue weighted by atomic mass is 32.1. The summed E-state index contributed by atoms with van der Waals surface area (Å²) in [5.41, 5.74) is 3.56. The van der Waals surface area contributed by atoms with E-state index in [1.807, 2.05) is 29.6 Å². The standard InChI is InChI=1S/C12H13NO2S/c1-9(14)10-3-2-4-12(5-10)15-6-11-7-16-8-13-11/h2-5,7-9,14H,6H2,1H3/t9-/m1/s1. The lowest BCUT2D eigenvalue weighted by molar-refractivity contribution is 0.198. The van der Waals surface area contributed by atoms with E-state index < -0.39 is 6.10 Å². The average molecular weight is 235 g/mol. The molecule has 3 nitrogen and oxygen atoms in total. The van der Waals surface area contributed by atoms with Gasteiger partial charge in [0.2, 0.25) is 0 Å². The van der Waals surface area contributed by atoms with Gasteiger partial charge in [0.25, 0.3) is 0 Å². The molecule has 16 heavy (non-hydrogen) atoms. The molecule has 0 unspecified atom stereocenters. The number of nitrogens with zero attached hydrogens (tertiary/aromatic N) is 1. The van der Waals surface area contributed by atoms with Crippen molar-refractivity contribution >= 4 is 11.3 Å². The zero-order valence-electron chi connectivity index (χ0n) is 8.96. The first kappa shape index (κ1) is 11.1. The van der Waals surface area contributed by atoms with Gasteiger partial charge in [0.1, 0.15) is 12.4 Å². The second-order valence-electron chi connectivity index (χ2n) is 3.52. The maximum absolute atomic E-state index is 9.43. The minimum Gasteiger partial charge on any atom is -0.487 e. The summed E-state index contributed by atoms with van der Waals surface area (Å²) >= 11 is 1.55. The van der Waals surface area contributed by atoms with E-state index in [1.165, 1.54) is 0 Å². The van der Waals surface area contributed by atoms with Gasteiger partial charge in [-0.25, -0.2) is 4.98 Å². The third kappa shape index (κ3) is 2.81. The fourth-order valence-corrected chi connectivity index (χ4v) is 1.87. The van der Waals surface area contributed by atoms with E-state index in [0.717, 1.165) is 17.0 Å². The number of aliphatic hydroxyl groups excluding tert-OH is 1. The lowest BCUT2D eigenvalue weighted by Gasteiger charge is -2.08. The summed E-state index contributed by atoms with van der Waals surface area (Å²) in [4.78, 5) is 4.13. The predicted octanol–water partition coefficient (Wildman–Crippen LogP) is 2.78. The van der Waals surface area contributed by atoms with Crippen molar-refractivity contribution in [3.63, 3.8) is 0 Å². The van der Waals surface area contributed by atoms with Gasteiger partial charge in [0, 0.05) is 5.38 Å². The van der Waals surface area contributed by atoms with Crippen molar-refractivity contribution in [2.75, 3.05) is 0 Å². The minimum atomic E-state index is -0.470. The second-order valence-corrected chi connectivity index (χ2v) is 4.24. The summed E-state index contributed by atoms with van der Waals surface area (Å²) in [6.45, 7) is 2.20. The molecular formula is C12H13NO2S. The summed E-state index contributed by atoms with van der Waals surface area (Å²) in [7, 11) is 0. The number of aromatic nitrogens is 1. The molecule has 2 aromatic rings. The Bertz CT molecular complexity index is 440. The van der Waals surface area contributed by atoms with E-state index in [9.17, 15) is 5.11 Å². The van der Waals surface area contributed by atoms with Crippen molar-refractivity contribution in [3.8, 4) is 5.75 Å². The zero-order chi connectivity index (χ0) is 11.4. The van der Waals surface area contributed by atoms with Crippen LogP contribution in [0.15, 0.2) is 35.2 Å². The van der Waals surface area contributed by atoms with Gasteiger partial charge in [-0.1, -0.05) is 12.1 Å². The molecule has 4 heteroatoms. The van der Waals surface area contributed by atoms with Gasteiger partial charge >= 0.3 is 0 Å². The highest BCUT2D eigenvalue weighted by Crippen LogP contribution is 2.19. The third-order valence-electron chi connectivity index (χ3n) is 2.21. The number of thiazole rings is 1. The molecule has 0 aliphatic carbocycles. The molecule has 0 bridgehead atoms. The van der Waals surface area contributed by atoms with Crippen LogP contribution in [0.25, 0.3) is 0 Å². The number of aliphatic hydroxyl groups is 1. The van der Waals surface area contributed by atoms with E-state index in [0.29, 0.717) is 6.61 Å². The number of rotatable bonds is 4. The van der Waals surface area contributed by atoms with Crippen molar-refractivity contribution < 1.29 is 9.84 Å². The number of hydrogen-bond acceptors (Lipinski definition) is 4. The summed E-state index contributed by atoms with van der Waals surface area (Å²) in [5, 5.41) is 11.4. The maximum Gasteiger partial charge on any atom is 0.131 e. The first-order chi connectivity index (χ1) is 7.75. The van der Waals surface area contributed by atoms with Gasteiger partial charge in [-0.15, -0.1) is 11.3 Å². The van der Waals surface area contributed by atoms with Gasteiger partial charge < -0.3 is 9.84 Å². The Morgan fingerprint density at radius 1 is 1.50 bits per heavy atom. The molecule has 0 aliphatic rings. The normalized spacial score (nSPS) is 12.4. The summed E-state index contributed by atoms with van der Waals surface area (Å²) < 4.78 is 5.57. The molecule has 1 atom stereocenters. The predicted molar refractivity (Wildman–Crippen MR) is 63.5 cm³/mol. The van der Waals surface area contributed by atoms with Crippen LogP contribution in [0.1, 0.15) is 24.3 Å². The van der Waals surface area contributed by atoms with Crippen LogP contribution >= 0.6 is 11.3 Å². The second kappa shape index (κ2) is 5.09. The molecule has 1 aromatic carbocycles. The fourth-order valence-electron chi connectivity index (χ4n) is 1.33. The Labute approximate surface area is 98.4 Å². The Morgan fingerprint density at radius 3 is 3.06 bits per heavy atom. The van der Waals surface area contributed by atoms with E-state index in [4.69, 9.17) is 4.74 Å². The number of benzene rings is 1. The molecular weight excluding hydrogens is 222 g/mol. The van der Waals surface area contributed by atoms with Crippen LogP contribution in [-0.2, 0) is 6.61 Å². The number of hydrogen-bond donors (Lipinski definition) is 1. The van der Waals surface area contributed by atoms with E-state index >= 15 is 0 Å². The SMILES string of the molecule is C[C@@H](O)c1cccc(OCc2cscn2)c1. The largest absolute Gasteiger partial charge is 0.487 e. The highest BCUT2D eigenvalue weighted by molar-refractivity contribution is 7.07. The molecule has 0 spiro atoms. The van der Waals surface area contributed by atoms with Gasteiger partial charge in [0.15, 0.2) is 0 Å². The lowest BCUT2D eigenvalue weighted by Crippen LogP contribution is -1.97. The summed E-state index contributed by atoms with van der Waals surface area (Å²) in [5.74, 6) is 0.756. The smallest absolute Gasteiger partial charge is 0.131 e. The molecule has 0 saturated carbocycles. The zero-order valence-corrected chi connectivity index (χ0v) is 9.78. The van der Waals surface area contributed by atoms with Gasteiger partial charge in [-0.3, -0.25) is 0 Å². The topological polar surface area (TPSA) is 42.4 Å². The highest BCUT2D eigenvalue weighted by Gasteiger charge is 2.02. The van der Waals surface area contributed by atoms with Gasteiger partial charge in [-0.05, 0) is 24.6 Å². The molecule has 0 fully saturated rings. The first-order valence-corrected chi connectivity index (χ1v) is 5.98. The molecule has 1 heterocycles. The third-order valence-corrected chi connectivity index (χ3v) is 2.85. The fraction of sp³-hybridized carbons (Fsp3) is 0.250. The lowest BCUT2D eigenvalue weighted by atomic mass is 10.1. The van der Waals surface area contributed by atoms with Crippen LogP contribution in [-0.4, -0.2) is 10.1 Å². The van der Waals surface area contributed by atoms with E-state index in [1.54, 1.807) is 23.8 Å². The van der Waals surface area contributed by atoms with Gasteiger partial charge in [-0.2, -0.15) is 0 Å². The van der Waals surface area contributed by atoms with E-state index in [2.05, 4.69) is 4.98 Å².